The third-order valence-electron chi connectivity index (χ3n) is 4.67. The molecule has 0 saturated heterocycles. The Bertz CT molecular complexity index is 753. The fourth-order valence-corrected chi connectivity index (χ4v) is 2.78. The van der Waals surface area contributed by atoms with Gasteiger partial charge in [-0.1, -0.05) is 30.3 Å². The number of pyridine rings is 1. The molecule has 1 N–H and O–H groups in total. The Labute approximate surface area is 190 Å². The summed E-state index contributed by atoms with van der Waals surface area (Å²) < 4.78 is 11.5. The number of aromatic nitrogens is 1. The predicted molar refractivity (Wildman–Crippen MR) is 127 cm³/mol. The molecule has 0 spiro atoms. The second-order valence-corrected chi connectivity index (χ2v) is 7.12. The van der Waals surface area contributed by atoms with Crippen molar-refractivity contribution in [3.05, 3.63) is 59.8 Å². The fraction of sp³-hybridized carbons (Fsp3) is 0.455. The molecule has 0 radical (unpaired) electrons. The second-order valence-electron chi connectivity index (χ2n) is 7.12. The average Bonchev–Trinajstić information content (AvgIpc) is 3.56. The largest absolute Gasteiger partial charge is 0.473 e. The van der Waals surface area contributed by atoms with Gasteiger partial charge in [0.05, 0.1) is 6.61 Å². The molecule has 3 rings (SSSR count). The predicted octanol–water partition coefficient (Wildman–Crippen LogP) is 3.71. The van der Waals surface area contributed by atoms with Gasteiger partial charge in [-0.15, -0.1) is 24.0 Å². The molecule has 0 atom stereocenters. The Morgan fingerprint density at radius 3 is 2.72 bits per heavy atom. The van der Waals surface area contributed by atoms with Gasteiger partial charge in [0.25, 0.3) is 0 Å². The number of ether oxygens (including phenoxy) is 2. The lowest BCUT2D eigenvalue weighted by molar-refractivity contribution is 0.115. The molecule has 1 aliphatic rings. The zero-order chi connectivity index (χ0) is 19.6. The summed E-state index contributed by atoms with van der Waals surface area (Å²) in [7, 11) is 3.82. The highest BCUT2D eigenvalue weighted by Gasteiger charge is 2.21. The topological polar surface area (TPSA) is 59.0 Å². The molecule has 1 aromatic carbocycles. The monoisotopic (exact) mass is 510 g/mol. The van der Waals surface area contributed by atoms with Crippen molar-refractivity contribution in [1.29, 1.82) is 0 Å². The fourth-order valence-electron chi connectivity index (χ4n) is 2.78. The first kappa shape index (κ1) is 23.4. The van der Waals surface area contributed by atoms with E-state index in [0.717, 1.165) is 42.8 Å². The van der Waals surface area contributed by atoms with Gasteiger partial charge in [-0.25, -0.2) is 4.98 Å². The minimum atomic E-state index is 0. The van der Waals surface area contributed by atoms with Crippen LogP contribution in [0, 0.1) is 5.92 Å². The molecule has 1 saturated carbocycles. The Hall–Kier alpha value is -1.87. The lowest BCUT2D eigenvalue weighted by Gasteiger charge is -2.22. The standard InChI is InChI=1S/C22H30N4O2.HI/c1-23-22(26(2)12-13-27-16-19-8-9-19)25-15-20-10-11-24-21(14-20)28-17-18-6-4-3-5-7-18;/h3-7,10-11,14,19H,8-9,12-13,15-17H2,1-2H3,(H,23,25);1H. The van der Waals surface area contributed by atoms with Crippen LogP contribution >= 0.6 is 24.0 Å². The van der Waals surface area contributed by atoms with Crippen LogP contribution in [0.1, 0.15) is 24.0 Å². The van der Waals surface area contributed by atoms with Gasteiger partial charge in [-0.05, 0) is 36.0 Å². The van der Waals surface area contributed by atoms with Crippen molar-refractivity contribution < 1.29 is 9.47 Å². The van der Waals surface area contributed by atoms with E-state index in [1.807, 2.05) is 49.5 Å². The third kappa shape index (κ3) is 8.57. The minimum absolute atomic E-state index is 0. The SMILES string of the molecule is CN=C(NCc1ccnc(OCc2ccccc2)c1)N(C)CCOCC1CC1.I. The number of nitrogens with one attached hydrogen (secondary N) is 1. The maximum absolute atomic E-state index is 5.81. The summed E-state index contributed by atoms with van der Waals surface area (Å²) in [4.78, 5) is 10.7. The molecule has 158 valence electrons. The van der Waals surface area contributed by atoms with Gasteiger partial charge in [0.1, 0.15) is 6.61 Å². The van der Waals surface area contributed by atoms with E-state index in [1.165, 1.54) is 12.8 Å². The molecule has 29 heavy (non-hydrogen) atoms. The number of halogens is 1. The molecule has 6 nitrogen and oxygen atoms in total. The quantitative estimate of drug-likeness (QED) is 0.229. The summed E-state index contributed by atoms with van der Waals surface area (Å²) in [5, 5.41) is 3.39. The highest BCUT2D eigenvalue weighted by molar-refractivity contribution is 14.0. The van der Waals surface area contributed by atoms with Gasteiger partial charge < -0.3 is 19.7 Å². The second kappa shape index (κ2) is 12.6. The van der Waals surface area contributed by atoms with E-state index in [1.54, 1.807) is 13.2 Å². The zero-order valence-corrected chi connectivity index (χ0v) is 19.5. The highest BCUT2D eigenvalue weighted by Crippen LogP contribution is 2.28. The first-order valence-corrected chi connectivity index (χ1v) is 9.86. The number of rotatable bonds is 10. The van der Waals surface area contributed by atoms with Crippen LogP contribution in [0.25, 0.3) is 0 Å². The van der Waals surface area contributed by atoms with Crippen LogP contribution in [0.3, 0.4) is 0 Å². The first-order valence-electron chi connectivity index (χ1n) is 9.86. The van der Waals surface area contributed by atoms with Crippen LogP contribution in [0.4, 0.5) is 0 Å². The van der Waals surface area contributed by atoms with Crippen LogP contribution < -0.4 is 10.1 Å². The number of hydrogen-bond donors (Lipinski definition) is 1. The molecule has 0 unspecified atom stereocenters. The van der Waals surface area contributed by atoms with E-state index in [0.29, 0.717) is 19.0 Å². The molecule has 1 aromatic heterocycles. The molecule has 7 heteroatoms. The Balaban J connectivity index is 0.00000300. The first-order chi connectivity index (χ1) is 13.7. The molecule has 0 aliphatic heterocycles. The highest BCUT2D eigenvalue weighted by atomic mass is 127. The smallest absolute Gasteiger partial charge is 0.213 e. The van der Waals surface area contributed by atoms with Crippen LogP contribution in [0.2, 0.25) is 0 Å². The zero-order valence-electron chi connectivity index (χ0n) is 17.2. The van der Waals surface area contributed by atoms with Gasteiger partial charge in [0.2, 0.25) is 5.88 Å². The number of benzene rings is 1. The van der Waals surface area contributed by atoms with Crippen molar-refractivity contribution in [3.8, 4) is 5.88 Å². The van der Waals surface area contributed by atoms with Crippen molar-refractivity contribution in [2.45, 2.75) is 26.0 Å². The molecular formula is C22H31IN4O2. The summed E-state index contributed by atoms with van der Waals surface area (Å²) in [5.41, 5.74) is 2.22. The summed E-state index contributed by atoms with van der Waals surface area (Å²) >= 11 is 0. The van der Waals surface area contributed by atoms with E-state index < -0.39 is 0 Å². The Kier molecular flexibility index (Phi) is 10.2. The van der Waals surface area contributed by atoms with Crippen LogP contribution in [-0.2, 0) is 17.9 Å². The van der Waals surface area contributed by atoms with Crippen LogP contribution in [0.5, 0.6) is 5.88 Å². The Morgan fingerprint density at radius 1 is 1.21 bits per heavy atom. The molecule has 2 aromatic rings. The van der Waals surface area contributed by atoms with Crippen molar-refractivity contribution in [2.24, 2.45) is 10.9 Å². The summed E-state index contributed by atoms with van der Waals surface area (Å²) in [6.07, 6.45) is 4.42. The van der Waals surface area contributed by atoms with Gasteiger partial charge in [-0.3, -0.25) is 4.99 Å². The molecular weight excluding hydrogens is 479 g/mol. The third-order valence-corrected chi connectivity index (χ3v) is 4.67. The maximum atomic E-state index is 5.81. The summed E-state index contributed by atoms with van der Waals surface area (Å²) in [6, 6.07) is 14.0. The average molecular weight is 510 g/mol. The molecule has 1 aliphatic carbocycles. The Morgan fingerprint density at radius 2 is 2.00 bits per heavy atom. The molecule has 1 fully saturated rings. The maximum Gasteiger partial charge on any atom is 0.213 e. The number of aliphatic imine (C=N–C) groups is 1. The van der Waals surface area contributed by atoms with E-state index in [9.17, 15) is 0 Å². The van der Waals surface area contributed by atoms with E-state index in [2.05, 4.69) is 20.2 Å². The summed E-state index contributed by atoms with van der Waals surface area (Å²) in [5.74, 6) is 2.27. The summed E-state index contributed by atoms with van der Waals surface area (Å²) in [6.45, 7) is 3.59. The van der Waals surface area contributed by atoms with E-state index >= 15 is 0 Å². The lowest BCUT2D eigenvalue weighted by atomic mass is 10.2. The van der Waals surface area contributed by atoms with Crippen molar-refractivity contribution >= 4 is 29.9 Å². The number of hydrogen-bond acceptors (Lipinski definition) is 4. The van der Waals surface area contributed by atoms with Crippen molar-refractivity contribution in [2.75, 3.05) is 33.9 Å². The van der Waals surface area contributed by atoms with Gasteiger partial charge in [0.15, 0.2) is 5.96 Å². The van der Waals surface area contributed by atoms with E-state index in [-0.39, 0.29) is 24.0 Å². The van der Waals surface area contributed by atoms with Crippen molar-refractivity contribution in [3.63, 3.8) is 0 Å². The number of guanidine groups is 1. The van der Waals surface area contributed by atoms with Crippen LogP contribution in [0.15, 0.2) is 53.7 Å². The molecule has 1 heterocycles. The number of likely N-dealkylation sites (N-methyl/N-ethyl adjacent to an activating group) is 1. The lowest BCUT2D eigenvalue weighted by Crippen LogP contribution is -2.40. The molecule has 0 bridgehead atoms. The van der Waals surface area contributed by atoms with Crippen molar-refractivity contribution in [1.82, 2.24) is 15.2 Å². The van der Waals surface area contributed by atoms with E-state index in [4.69, 9.17) is 9.47 Å². The normalized spacial score (nSPS) is 13.5. The van der Waals surface area contributed by atoms with Gasteiger partial charge in [0, 0.05) is 46.1 Å². The minimum Gasteiger partial charge on any atom is -0.473 e. The van der Waals surface area contributed by atoms with Gasteiger partial charge in [-0.2, -0.15) is 0 Å². The van der Waals surface area contributed by atoms with Crippen LogP contribution in [-0.4, -0.2) is 49.7 Å². The van der Waals surface area contributed by atoms with Gasteiger partial charge >= 0.3 is 0 Å². The molecule has 0 amide bonds. The number of nitrogens with zero attached hydrogens (tertiary/aromatic N) is 3.